The highest BCUT2D eigenvalue weighted by Gasteiger charge is 2.26. The minimum atomic E-state index is -0.337. The summed E-state index contributed by atoms with van der Waals surface area (Å²) in [5.41, 5.74) is 0.552. The summed E-state index contributed by atoms with van der Waals surface area (Å²) in [5, 5.41) is 3.32. The Hall–Kier alpha value is -1.89. The topological polar surface area (TPSA) is 79.0 Å². The molecule has 0 aromatic heterocycles. The van der Waals surface area contributed by atoms with Gasteiger partial charge in [-0.3, -0.25) is 14.4 Å². The van der Waals surface area contributed by atoms with E-state index in [0.717, 1.165) is 77.8 Å². The second-order valence-corrected chi connectivity index (χ2v) is 13.2. The molecule has 1 heterocycles. The Morgan fingerprint density at radius 1 is 0.659 bits per heavy atom. The smallest absolute Gasteiger partial charge is 0.305 e. The SMILES string of the molecule is CCCCCCCCCOC(=O)CCCCCCCN(CCCCCCCC)CCCNc1c(N2CCCCC2)c(=O)c1=O. The summed E-state index contributed by atoms with van der Waals surface area (Å²) >= 11 is 0. The summed E-state index contributed by atoms with van der Waals surface area (Å²) in [6, 6.07) is 0. The Labute approximate surface area is 269 Å². The van der Waals surface area contributed by atoms with Gasteiger partial charge < -0.3 is 19.9 Å². The van der Waals surface area contributed by atoms with Crippen LogP contribution < -0.4 is 21.1 Å². The maximum absolute atomic E-state index is 12.3. The highest BCUT2D eigenvalue weighted by molar-refractivity contribution is 5.75. The molecule has 44 heavy (non-hydrogen) atoms. The zero-order chi connectivity index (χ0) is 31.7. The number of rotatable bonds is 29. The highest BCUT2D eigenvalue weighted by Crippen LogP contribution is 2.24. The van der Waals surface area contributed by atoms with Crippen molar-refractivity contribution < 1.29 is 9.53 Å². The number of piperidine rings is 1. The van der Waals surface area contributed by atoms with Gasteiger partial charge in [0.05, 0.1) is 6.61 Å². The number of anilines is 2. The number of carbonyl (C=O) groups excluding carboxylic acids is 1. The first kappa shape index (κ1) is 38.3. The Morgan fingerprint density at radius 2 is 1.18 bits per heavy atom. The number of hydrogen-bond acceptors (Lipinski definition) is 7. The van der Waals surface area contributed by atoms with E-state index in [0.29, 0.717) is 24.4 Å². The number of esters is 1. The molecule has 1 N–H and O–H groups in total. The average Bonchev–Trinajstić information content (AvgIpc) is 3.04. The van der Waals surface area contributed by atoms with Gasteiger partial charge in [-0.2, -0.15) is 0 Å². The zero-order valence-corrected chi connectivity index (χ0v) is 28.7. The average molecular weight is 618 g/mol. The van der Waals surface area contributed by atoms with E-state index in [2.05, 4.69) is 29.0 Å². The molecule has 0 bridgehead atoms. The van der Waals surface area contributed by atoms with Gasteiger partial charge >= 0.3 is 5.97 Å². The molecular formula is C37H67N3O4. The molecule has 0 aliphatic carbocycles. The third-order valence-electron chi connectivity index (χ3n) is 9.20. The minimum absolute atomic E-state index is 0.0264. The van der Waals surface area contributed by atoms with Gasteiger partial charge in [0.1, 0.15) is 11.4 Å². The van der Waals surface area contributed by atoms with Crippen LogP contribution in [-0.2, 0) is 9.53 Å². The predicted molar refractivity (Wildman–Crippen MR) is 187 cm³/mol. The number of ether oxygens (including phenoxy) is 1. The van der Waals surface area contributed by atoms with E-state index in [1.165, 1.54) is 103 Å². The zero-order valence-electron chi connectivity index (χ0n) is 28.7. The maximum Gasteiger partial charge on any atom is 0.305 e. The van der Waals surface area contributed by atoms with Crippen molar-refractivity contribution in [2.75, 3.05) is 56.1 Å². The highest BCUT2D eigenvalue weighted by atomic mass is 16.5. The van der Waals surface area contributed by atoms with E-state index in [1.807, 2.05) is 0 Å². The molecule has 0 unspecified atom stereocenters. The quantitative estimate of drug-likeness (QED) is 0.0550. The summed E-state index contributed by atoms with van der Waals surface area (Å²) in [4.78, 5) is 41.2. The molecule has 7 nitrogen and oxygen atoms in total. The maximum atomic E-state index is 12.3. The fourth-order valence-corrected chi connectivity index (χ4v) is 6.38. The van der Waals surface area contributed by atoms with Gasteiger partial charge in [-0.15, -0.1) is 0 Å². The Morgan fingerprint density at radius 3 is 1.80 bits per heavy atom. The van der Waals surface area contributed by atoms with Crippen molar-refractivity contribution in [3.63, 3.8) is 0 Å². The fraction of sp³-hybridized carbons (Fsp3) is 0.865. The lowest BCUT2D eigenvalue weighted by Crippen LogP contribution is -2.44. The minimum Gasteiger partial charge on any atom is -0.466 e. The van der Waals surface area contributed by atoms with Gasteiger partial charge in [0.2, 0.25) is 0 Å². The molecule has 1 saturated heterocycles. The van der Waals surface area contributed by atoms with Gasteiger partial charge in [0.25, 0.3) is 10.9 Å². The molecule has 0 atom stereocenters. The largest absolute Gasteiger partial charge is 0.466 e. The van der Waals surface area contributed by atoms with Crippen LogP contribution >= 0.6 is 0 Å². The molecule has 254 valence electrons. The second-order valence-electron chi connectivity index (χ2n) is 13.2. The van der Waals surface area contributed by atoms with E-state index in [9.17, 15) is 14.4 Å². The second kappa shape index (κ2) is 25.3. The fourth-order valence-electron chi connectivity index (χ4n) is 6.38. The normalized spacial score (nSPS) is 13.7. The standard InChI is InChI=1S/C37H67N3O4/c1-3-5-7-9-11-16-23-32-44-33(41)25-18-13-12-15-20-28-39(27-19-14-10-8-6-4-2)29-24-26-38-34-35(37(43)36(34)42)40-30-21-17-22-31-40/h38H,3-32H2,1-2H3. The Kier molecular flexibility index (Phi) is 22.0. The lowest BCUT2D eigenvalue weighted by atomic mass is 10.1. The van der Waals surface area contributed by atoms with Crippen molar-refractivity contribution >= 4 is 17.3 Å². The van der Waals surface area contributed by atoms with Crippen LogP contribution in [0.15, 0.2) is 9.59 Å². The van der Waals surface area contributed by atoms with Crippen LogP contribution in [-0.4, -0.2) is 56.7 Å². The molecule has 7 heteroatoms. The van der Waals surface area contributed by atoms with E-state index >= 15 is 0 Å². The molecule has 1 aliphatic rings. The molecule has 0 saturated carbocycles. The van der Waals surface area contributed by atoms with Crippen molar-refractivity contribution in [3.05, 3.63) is 20.4 Å². The predicted octanol–water partition coefficient (Wildman–Crippen LogP) is 8.37. The van der Waals surface area contributed by atoms with E-state index in [-0.39, 0.29) is 16.8 Å². The third-order valence-corrected chi connectivity index (χ3v) is 9.20. The summed E-state index contributed by atoms with van der Waals surface area (Å²) in [7, 11) is 0. The first-order valence-electron chi connectivity index (χ1n) is 18.8. The third kappa shape index (κ3) is 16.4. The number of unbranched alkanes of at least 4 members (excludes halogenated alkanes) is 15. The Balaban J connectivity index is 1.59. The van der Waals surface area contributed by atoms with Crippen LogP contribution in [0.4, 0.5) is 11.4 Å². The van der Waals surface area contributed by atoms with Crippen LogP contribution in [0.3, 0.4) is 0 Å². The number of nitrogens with one attached hydrogen (secondary N) is 1. The van der Waals surface area contributed by atoms with Crippen molar-refractivity contribution in [1.29, 1.82) is 0 Å². The molecule has 2 rings (SSSR count). The van der Waals surface area contributed by atoms with Crippen molar-refractivity contribution in [2.45, 2.75) is 162 Å². The van der Waals surface area contributed by atoms with Crippen molar-refractivity contribution in [1.82, 2.24) is 4.90 Å². The van der Waals surface area contributed by atoms with Gasteiger partial charge in [-0.1, -0.05) is 104 Å². The van der Waals surface area contributed by atoms with Gasteiger partial charge in [-0.25, -0.2) is 0 Å². The lowest BCUT2D eigenvalue weighted by Gasteiger charge is -2.31. The molecule has 0 radical (unpaired) electrons. The van der Waals surface area contributed by atoms with Crippen molar-refractivity contribution in [3.8, 4) is 0 Å². The van der Waals surface area contributed by atoms with Crippen LogP contribution in [0.25, 0.3) is 0 Å². The number of nitrogens with zero attached hydrogens (tertiary/aromatic N) is 2. The molecule has 1 aromatic carbocycles. The van der Waals surface area contributed by atoms with Gasteiger partial charge in [0.15, 0.2) is 0 Å². The molecule has 1 aromatic rings. The van der Waals surface area contributed by atoms with Crippen LogP contribution in [0.5, 0.6) is 0 Å². The summed E-state index contributed by atoms with van der Waals surface area (Å²) in [6.45, 7) is 10.8. The van der Waals surface area contributed by atoms with E-state index in [4.69, 9.17) is 4.74 Å². The van der Waals surface area contributed by atoms with Crippen LogP contribution in [0.1, 0.15) is 162 Å². The van der Waals surface area contributed by atoms with Crippen molar-refractivity contribution in [2.24, 2.45) is 0 Å². The molecule has 0 spiro atoms. The van der Waals surface area contributed by atoms with E-state index in [1.54, 1.807) is 0 Å². The van der Waals surface area contributed by atoms with Crippen LogP contribution in [0.2, 0.25) is 0 Å². The molecular weight excluding hydrogens is 550 g/mol. The van der Waals surface area contributed by atoms with Gasteiger partial charge in [-0.05, 0) is 71.0 Å². The van der Waals surface area contributed by atoms with E-state index < -0.39 is 0 Å². The van der Waals surface area contributed by atoms with Crippen LogP contribution in [0, 0.1) is 0 Å². The summed E-state index contributed by atoms with van der Waals surface area (Å²) in [6.07, 6.45) is 27.0. The first-order chi connectivity index (χ1) is 21.6. The number of carbonyl (C=O) groups is 1. The first-order valence-corrected chi connectivity index (χ1v) is 18.8. The van der Waals surface area contributed by atoms with Gasteiger partial charge in [0, 0.05) is 26.1 Å². The molecule has 0 amide bonds. The molecule has 1 fully saturated rings. The summed E-state index contributed by atoms with van der Waals surface area (Å²) in [5.74, 6) is -0.0264. The Bertz CT molecular complexity index is 920. The number of hydrogen-bond donors (Lipinski definition) is 1. The molecule has 1 aliphatic heterocycles. The summed E-state index contributed by atoms with van der Waals surface area (Å²) < 4.78 is 5.43. The monoisotopic (exact) mass is 618 g/mol. The lowest BCUT2D eigenvalue weighted by molar-refractivity contribution is -0.143.